The molecule has 0 N–H and O–H groups in total. The van der Waals surface area contributed by atoms with E-state index in [9.17, 15) is 14.9 Å². The van der Waals surface area contributed by atoms with Gasteiger partial charge in [0.2, 0.25) is 0 Å². The molecule has 2 aromatic carbocycles. The summed E-state index contributed by atoms with van der Waals surface area (Å²) in [6, 6.07) is 12.0. The predicted molar refractivity (Wildman–Crippen MR) is 85.2 cm³/mol. The molecule has 0 fully saturated rings. The Morgan fingerprint density at radius 1 is 1.23 bits per heavy atom. The van der Waals surface area contributed by atoms with Gasteiger partial charge in [-0.2, -0.15) is 0 Å². The molecule has 0 bridgehead atoms. The number of hydrogen-bond donors (Lipinski definition) is 0. The standard InChI is InChI=1S/C16H15NO4S/c1-11-3-5-12(6-4-11)10-21-16(18)13-7-8-15(22-2)14(9-13)17(19)20/h3-9H,10H2,1-2H3. The van der Waals surface area contributed by atoms with Crippen molar-refractivity contribution in [3.05, 3.63) is 69.3 Å². The van der Waals surface area contributed by atoms with Crippen LogP contribution in [0.4, 0.5) is 5.69 Å². The van der Waals surface area contributed by atoms with E-state index >= 15 is 0 Å². The summed E-state index contributed by atoms with van der Waals surface area (Å²) in [6.45, 7) is 2.11. The molecule has 2 aromatic rings. The maximum atomic E-state index is 12.0. The summed E-state index contributed by atoms with van der Waals surface area (Å²) in [5, 5.41) is 11.0. The fourth-order valence-corrected chi connectivity index (χ4v) is 2.42. The van der Waals surface area contributed by atoms with Crippen molar-refractivity contribution < 1.29 is 14.5 Å². The minimum absolute atomic E-state index is 0.0858. The number of benzene rings is 2. The molecule has 0 aliphatic heterocycles. The Kier molecular flexibility index (Phi) is 5.16. The predicted octanol–water partition coefficient (Wildman–Crippen LogP) is 3.98. The van der Waals surface area contributed by atoms with Crippen molar-refractivity contribution in [1.82, 2.24) is 0 Å². The number of ether oxygens (including phenoxy) is 1. The van der Waals surface area contributed by atoms with Gasteiger partial charge in [0.15, 0.2) is 0 Å². The quantitative estimate of drug-likeness (QED) is 0.361. The molecule has 0 radical (unpaired) electrons. The number of nitrogens with zero attached hydrogens (tertiary/aromatic N) is 1. The van der Waals surface area contributed by atoms with Gasteiger partial charge in [0, 0.05) is 6.07 Å². The molecule has 0 aliphatic rings. The lowest BCUT2D eigenvalue weighted by Crippen LogP contribution is -2.06. The molecular weight excluding hydrogens is 302 g/mol. The molecule has 0 aromatic heterocycles. The summed E-state index contributed by atoms with van der Waals surface area (Å²) >= 11 is 1.26. The van der Waals surface area contributed by atoms with Gasteiger partial charge in [0.25, 0.3) is 5.69 Å². The van der Waals surface area contributed by atoms with Crippen LogP contribution in [0.1, 0.15) is 21.5 Å². The summed E-state index contributed by atoms with van der Waals surface area (Å²) in [6.07, 6.45) is 1.75. The molecule has 5 nitrogen and oxygen atoms in total. The van der Waals surface area contributed by atoms with Crippen molar-refractivity contribution in [3.8, 4) is 0 Å². The topological polar surface area (TPSA) is 69.4 Å². The third-order valence-electron chi connectivity index (χ3n) is 3.10. The van der Waals surface area contributed by atoms with E-state index in [1.165, 1.54) is 23.9 Å². The molecule has 0 unspecified atom stereocenters. The average molecular weight is 317 g/mol. The van der Waals surface area contributed by atoms with E-state index in [4.69, 9.17) is 4.74 Å². The van der Waals surface area contributed by atoms with Gasteiger partial charge in [-0.25, -0.2) is 4.79 Å². The Balaban J connectivity index is 2.10. The maximum Gasteiger partial charge on any atom is 0.338 e. The first-order valence-corrected chi connectivity index (χ1v) is 7.79. The molecule has 6 heteroatoms. The SMILES string of the molecule is CSc1ccc(C(=O)OCc2ccc(C)cc2)cc1[N+](=O)[O-]. The van der Waals surface area contributed by atoms with Gasteiger partial charge in [-0.1, -0.05) is 29.8 Å². The average Bonchev–Trinajstić information content (AvgIpc) is 2.53. The summed E-state index contributed by atoms with van der Waals surface area (Å²) < 4.78 is 5.19. The second-order valence-corrected chi connectivity index (χ2v) is 5.55. The number of nitro groups is 1. The van der Waals surface area contributed by atoms with Gasteiger partial charge in [-0.05, 0) is 30.9 Å². The Bertz CT molecular complexity index is 698. The highest BCUT2D eigenvalue weighted by Crippen LogP contribution is 2.28. The first kappa shape index (κ1) is 16.0. The summed E-state index contributed by atoms with van der Waals surface area (Å²) in [5.74, 6) is -0.573. The van der Waals surface area contributed by atoms with E-state index in [0.29, 0.717) is 4.90 Å². The third-order valence-corrected chi connectivity index (χ3v) is 3.89. The lowest BCUT2D eigenvalue weighted by Gasteiger charge is -2.06. The van der Waals surface area contributed by atoms with Gasteiger partial charge in [-0.3, -0.25) is 10.1 Å². The van der Waals surface area contributed by atoms with Gasteiger partial charge >= 0.3 is 5.97 Å². The minimum Gasteiger partial charge on any atom is -0.457 e. The minimum atomic E-state index is -0.573. The highest BCUT2D eigenvalue weighted by molar-refractivity contribution is 7.98. The lowest BCUT2D eigenvalue weighted by atomic mass is 10.1. The lowest BCUT2D eigenvalue weighted by molar-refractivity contribution is -0.387. The number of aryl methyl sites for hydroxylation is 1. The van der Waals surface area contributed by atoms with Crippen LogP contribution in [0.25, 0.3) is 0 Å². The largest absolute Gasteiger partial charge is 0.457 e. The van der Waals surface area contributed by atoms with Crippen molar-refractivity contribution in [3.63, 3.8) is 0 Å². The molecule has 0 aliphatic carbocycles. The molecule has 0 saturated heterocycles. The van der Waals surface area contributed by atoms with Gasteiger partial charge in [0.1, 0.15) is 6.61 Å². The zero-order chi connectivity index (χ0) is 16.1. The summed E-state index contributed by atoms with van der Waals surface area (Å²) in [7, 11) is 0. The Morgan fingerprint density at radius 2 is 1.91 bits per heavy atom. The Hall–Kier alpha value is -2.34. The van der Waals surface area contributed by atoms with Crippen LogP contribution in [0.3, 0.4) is 0 Å². The number of rotatable bonds is 5. The number of thioether (sulfide) groups is 1. The zero-order valence-electron chi connectivity index (χ0n) is 12.2. The van der Waals surface area contributed by atoms with Crippen molar-refractivity contribution >= 4 is 23.4 Å². The van der Waals surface area contributed by atoms with Crippen LogP contribution in [0, 0.1) is 17.0 Å². The summed E-state index contributed by atoms with van der Waals surface area (Å²) in [5.41, 5.74) is 2.08. The van der Waals surface area contributed by atoms with Crippen LogP contribution in [0.15, 0.2) is 47.4 Å². The van der Waals surface area contributed by atoms with E-state index < -0.39 is 10.9 Å². The van der Waals surface area contributed by atoms with Crippen LogP contribution >= 0.6 is 11.8 Å². The fraction of sp³-hybridized carbons (Fsp3) is 0.188. The van der Waals surface area contributed by atoms with Gasteiger partial charge < -0.3 is 4.74 Å². The van der Waals surface area contributed by atoms with E-state index in [1.807, 2.05) is 31.2 Å². The van der Waals surface area contributed by atoms with Crippen LogP contribution in [0.5, 0.6) is 0 Å². The number of nitro benzene ring substituents is 1. The highest BCUT2D eigenvalue weighted by Gasteiger charge is 2.17. The molecule has 22 heavy (non-hydrogen) atoms. The number of hydrogen-bond acceptors (Lipinski definition) is 5. The fourth-order valence-electron chi connectivity index (χ4n) is 1.88. The van der Waals surface area contributed by atoms with Crippen LogP contribution in [-0.2, 0) is 11.3 Å². The smallest absolute Gasteiger partial charge is 0.338 e. The maximum absolute atomic E-state index is 12.0. The van der Waals surface area contributed by atoms with Crippen molar-refractivity contribution in [1.29, 1.82) is 0 Å². The monoisotopic (exact) mass is 317 g/mol. The van der Waals surface area contributed by atoms with Gasteiger partial charge in [0.05, 0.1) is 15.4 Å². The third kappa shape index (κ3) is 3.85. The zero-order valence-corrected chi connectivity index (χ0v) is 13.1. The van der Waals surface area contributed by atoms with Crippen LogP contribution < -0.4 is 0 Å². The van der Waals surface area contributed by atoms with E-state index in [2.05, 4.69) is 0 Å². The second-order valence-electron chi connectivity index (χ2n) is 4.71. The first-order valence-electron chi connectivity index (χ1n) is 6.56. The van der Waals surface area contributed by atoms with Gasteiger partial charge in [-0.15, -0.1) is 11.8 Å². The molecule has 0 heterocycles. The van der Waals surface area contributed by atoms with E-state index in [0.717, 1.165) is 11.1 Å². The molecule has 114 valence electrons. The first-order chi connectivity index (χ1) is 10.5. The van der Waals surface area contributed by atoms with Crippen molar-refractivity contribution in [2.45, 2.75) is 18.4 Å². The van der Waals surface area contributed by atoms with Crippen LogP contribution in [-0.4, -0.2) is 17.1 Å². The number of carbonyl (C=O) groups excluding carboxylic acids is 1. The molecular formula is C16H15NO4S. The second kappa shape index (κ2) is 7.09. The molecule has 0 spiro atoms. The molecule has 2 rings (SSSR count). The summed E-state index contributed by atoms with van der Waals surface area (Å²) in [4.78, 5) is 23.0. The number of esters is 1. The Labute approximate surface area is 132 Å². The van der Waals surface area contributed by atoms with E-state index in [-0.39, 0.29) is 17.9 Å². The van der Waals surface area contributed by atoms with Crippen molar-refractivity contribution in [2.24, 2.45) is 0 Å². The van der Waals surface area contributed by atoms with Crippen LogP contribution in [0.2, 0.25) is 0 Å². The Morgan fingerprint density at radius 3 is 2.50 bits per heavy atom. The molecule has 0 amide bonds. The highest BCUT2D eigenvalue weighted by atomic mass is 32.2. The van der Waals surface area contributed by atoms with Crippen molar-refractivity contribution in [2.75, 3.05) is 6.26 Å². The normalized spacial score (nSPS) is 10.3. The van der Waals surface area contributed by atoms with E-state index in [1.54, 1.807) is 12.3 Å². The molecule has 0 atom stereocenters. The number of carbonyl (C=O) groups is 1. The molecule has 0 saturated carbocycles.